The topological polar surface area (TPSA) is 30.5 Å². The van der Waals surface area contributed by atoms with Crippen molar-refractivity contribution in [2.75, 3.05) is 19.8 Å². The Bertz CT molecular complexity index is 323. The molecule has 1 fully saturated rings. The molecule has 1 N–H and O–H groups in total. The summed E-state index contributed by atoms with van der Waals surface area (Å²) in [6, 6.07) is 8.54. The first-order chi connectivity index (χ1) is 7.81. The van der Waals surface area contributed by atoms with E-state index in [1.165, 1.54) is 5.56 Å². The summed E-state index contributed by atoms with van der Waals surface area (Å²) in [7, 11) is 0. The molecule has 3 nitrogen and oxygen atoms in total. The van der Waals surface area contributed by atoms with Gasteiger partial charge in [-0.25, -0.2) is 0 Å². The summed E-state index contributed by atoms with van der Waals surface area (Å²) >= 11 is 0. The Balaban J connectivity index is 2.08. The van der Waals surface area contributed by atoms with Crippen molar-refractivity contribution in [2.45, 2.75) is 26.0 Å². The van der Waals surface area contributed by atoms with E-state index in [1.54, 1.807) is 0 Å². The van der Waals surface area contributed by atoms with Gasteiger partial charge in [0.1, 0.15) is 5.75 Å². The third-order valence-corrected chi connectivity index (χ3v) is 2.87. The molecular weight excluding hydrogens is 202 g/mol. The Labute approximate surface area is 96.8 Å². The molecule has 0 aromatic heterocycles. The second-order valence-electron chi connectivity index (χ2n) is 4.01. The zero-order chi connectivity index (χ0) is 11.4. The van der Waals surface area contributed by atoms with Crippen LogP contribution >= 0.6 is 0 Å². The molecule has 2 atom stereocenters. The van der Waals surface area contributed by atoms with Crippen LogP contribution in [0.25, 0.3) is 0 Å². The standard InChI is InChI=1S/C13H19NO2/c1-3-15-12-6-4-11(5-7-12)13-10(2)16-9-8-14-13/h4-7,10,13-14H,3,8-9H2,1-2H3. The molecule has 2 unspecified atom stereocenters. The van der Waals surface area contributed by atoms with Gasteiger partial charge in [-0.3, -0.25) is 0 Å². The second kappa shape index (κ2) is 5.32. The monoisotopic (exact) mass is 221 g/mol. The number of nitrogens with one attached hydrogen (secondary N) is 1. The molecular formula is C13H19NO2. The molecule has 0 aliphatic carbocycles. The highest BCUT2D eigenvalue weighted by Crippen LogP contribution is 2.23. The van der Waals surface area contributed by atoms with Crippen molar-refractivity contribution in [3.8, 4) is 5.75 Å². The average molecular weight is 221 g/mol. The Morgan fingerprint density at radius 1 is 1.38 bits per heavy atom. The van der Waals surface area contributed by atoms with Crippen molar-refractivity contribution < 1.29 is 9.47 Å². The molecule has 1 heterocycles. The molecule has 2 rings (SSSR count). The largest absolute Gasteiger partial charge is 0.494 e. The van der Waals surface area contributed by atoms with Gasteiger partial charge in [0.25, 0.3) is 0 Å². The summed E-state index contributed by atoms with van der Waals surface area (Å²) in [4.78, 5) is 0. The van der Waals surface area contributed by atoms with Crippen molar-refractivity contribution in [2.24, 2.45) is 0 Å². The highest BCUT2D eigenvalue weighted by molar-refractivity contribution is 5.29. The number of benzene rings is 1. The molecule has 16 heavy (non-hydrogen) atoms. The molecule has 88 valence electrons. The molecule has 3 heteroatoms. The third kappa shape index (κ3) is 2.54. The summed E-state index contributed by atoms with van der Waals surface area (Å²) in [6.45, 7) is 6.53. The highest BCUT2D eigenvalue weighted by atomic mass is 16.5. The number of hydrogen-bond donors (Lipinski definition) is 1. The molecule has 0 spiro atoms. The first-order valence-electron chi connectivity index (χ1n) is 5.89. The van der Waals surface area contributed by atoms with E-state index < -0.39 is 0 Å². The predicted octanol–water partition coefficient (Wildman–Crippen LogP) is 2.13. The van der Waals surface area contributed by atoms with E-state index in [1.807, 2.05) is 19.1 Å². The number of morpholine rings is 1. The maximum Gasteiger partial charge on any atom is 0.119 e. The second-order valence-corrected chi connectivity index (χ2v) is 4.01. The molecule has 0 bridgehead atoms. The van der Waals surface area contributed by atoms with Crippen molar-refractivity contribution in [3.05, 3.63) is 29.8 Å². The van der Waals surface area contributed by atoms with Gasteiger partial charge in [-0.2, -0.15) is 0 Å². The van der Waals surface area contributed by atoms with Gasteiger partial charge >= 0.3 is 0 Å². The van der Waals surface area contributed by atoms with Gasteiger partial charge in [-0.1, -0.05) is 12.1 Å². The van der Waals surface area contributed by atoms with Crippen LogP contribution < -0.4 is 10.1 Å². The van der Waals surface area contributed by atoms with Crippen molar-refractivity contribution in [3.63, 3.8) is 0 Å². The number of hydrogen-bond acceptors (Lipinski definition) is 3. The van der Waals surface area contributed by atoms with Crippen LogP contribution in [0.2, 0.25) is 0 Å². The maximum atomic E-state index is 5.63. The summed E-state index contributed by atoms with van der Waals surface area (Å²) in [5, 5.41) is 3.47. The summed E-state index contributed by atoms with van der Waals surface area (Å²) in [5.74, 6) is 0.927. The Kier molecular flexibility index (Phi) is 3.80. The average Bonchev–Trinajstić information content (AvgIpc) is 2.31. The van der Waals surface area contributed by atoms with Gasteiger partial charge in [0.15, 0.2) is 0 Å². The molecule has 1 aliphatic rings. The van der Waals surface area contributed by atoms with Gasteiger partial charge in [0, 0.05) is 6.54 Å². The fourth-order valence-corrected chi connectivity index (χ4v) is 2.05. The Morgan fingerprint density at radius 3 is 2.75 bits per heavy atom. The van der Waals surface area contributed by atoms with Gasteiger partial charge in [0.05, 0.1) is 25.4 Å². The Hall–Kier alpha value is -1.06. The normalized spacial score (nSPS) is 25.4. The van der Waals surface area contributed by atoms with E-state index in [2.05, 4.69) is 24.4 Å². The van der Waals surface area contributed by atoms with Crippen LogP contribution in [0.15, 0.2) is 24.3 Å². The van der Waals surface area contributed by atoms with E-state index in [0.717, 1.165) is 18.9 Å². The maximum absolute atomic E-state index is 5.63. The number of rotatable bonds is 3. The van der Waals surface area contributed by atoms with Crippen molar-refractivity contribution in [1.29, 1.82) is 0 Å². The van der Waals surface area contributed by atoms with E-state index in [9.17, 15) is 0 Å². The fraction of sp³-hybridized carbons (Fsp3) is 0.538. The summed E-state index contributed by atoms with van der Waals surface area (Å²) in [6.07, 6.45) is 0.228. The minimum atomic E-state index is 0.228. The van der Waals surface area contributed by atoms with E-state index in [-0.39, 0.29) is 6.10 Å². The van der Waals surface area contributed by atoms with E-state index >= 15 is 0 Å². The SMILES string of the molecule is CCOc1ccc(C2NCCOC2C)cc1. The van der Waals surface area contributed by atoms with Crippen LogP contribution in [0.3, 0.4) is 0 Å². The number of ether oxygens (including phenoxy) is 2. The van der Waals surface area contributed by atoms with Crippen LogP contribution in [-0.2, 0) is 4.74 Å². The van der Waals surface area contributed by atoms with Crippen molar-refractivity contribution in [1.82, 2.24) is 5.32 Å². The van der Waals surface area contributed by atoms with E-state index in [0.29, 0.717) is 12.6 Å². The zero-order valence-electron chi connectivity index (χ0n) is 9.90. The van der Waals surface area contributed by atoms with Crippen LogP contribution in [-0.4, -0.2) is 25.9 Å². The highest BCUT2D eigenvalue weighted by Gasteiger charge is 2.22. The van der Waals surface area contributed by atoms with E-state index in [4.69, 9.17) is 9.47 Å². The van der Waals surface area contributed by atoms with Gasteiger partial charge < -0.3 is 14.8 Å². The smallest absolute Gasteiger partial charge is 0.119 e. The summed E-state index contributed by atoms with van der Waals surface area (Å²) < 4.78 is 11.1. The molecule has 1 aromatic rings. The van der Waals surface area contributed by atoms with Gasteiger partial charge in [0.2, 0.25) is 0 Å². The Morgan fingerprint density at radius 2 is 2.12 bits per heavy atom. The van der Waals surface area contributed by atoms with Crippen LogP contribution in [0.5, 0.6) is 5.75 Å². The van der Waals surface area contributed by atoms with Crippen LogP contribution in [0, 0.1) is 0 Å². The fourth-order valence-electron chi connectivity index (χ4n) is 2.05. The third-order valence-electron chi connectivity index (χ3n) is 2.87. The first kappa shape index (κ1) is 11.4. The lowest BCUT2D eigenvalue weighted by molar-refractivity contribution is 0.00755. The minimum absolute atomic E-state index is 0.228. The first-order valence-corrected chi connectivity index (χ1v) is 5.89. The quantitative estimate of drug-likeness (QED) is 0.848. The molecule has 0 radical (unpaired) electrons. The lowest BCUT2D eigenvalue weighted by atomic mass is 10.0. The molecule has 0 saturated carbocycles. The lowest BCUT2D eigenvalue weighted by Crippen LogP contribution is -2.40. The molecule has 0 amide bonds. The summed E-state index contributed by atoms with van der Waals surface area (Å²) in [5.41, 5.74) is 1.26. The van der Waals surface area contributed by atoms with Crippen LogP contribution in [0.4, 0.5) is 0 Å². The van der Waals surface area contributed by atoms with Gasteiger partial charge in [-0.15, -0.1) is 0 Å². The lowest BCUT2D eigenvalue weighted by Gasteiger charge is -2.30. The van der Waals surface area contributed by atoms with Gasteiger partial charge in [-0.05, 0) is 31.5 Å². The van der Waals surface area contributed by atoms with Crippen molar-refractivity contribution >= 4 is 0 Å². The molecule has 1 saturated heterocycles. The molecule has 1 aliphatic heterocycles. The predicted molar refractivity (Wildman–Crippen MR) is 63.8 cm³/mol. The molecule has 1 aromatic carbocycles. The minimum Gasteiger partial charge on any atom is -0.494 e. The zero-order valence-corrected chi connectivity index (χ0v) is 9.90. The van der Waals surface area contributed by atoms with Crippen LogP contribution in [0.1, 0.15) is 25.5 Å².